The normalized spacial score (nSPS) is 30.7. The lowest BCUT2D eigenvalue weighted by Gasteiger charge is -2.20. The number of hydrogen-bond acceptors (Lipinski definition) is 1. The number of benzene rings is 1. The van der Waals surface area contributed by atoms with Crippen LogP contribution in [0.4, 0.5) is 0 Å². The fourth-order valence-electron chi connectivity index (χ4n) is 2.64. The van der Waals surface area contributed by atoms with E-state index in [1.54, 1.807) is 5.19 Å². The van der Waals surface area contributed by atoms with Crippen LogP contribution in [-0.2, 0) is 0 Å². The Labute approximate surface area is 100 Å². The third kappa shape index (κ3) is 2.48. The second kappa shape index (κ2) is 4.34. The molecule has 1 aromatic rings. The van der Waals surface area contributed by atoms with E-state index >= 15 is 0 Å². The molecule has 1 saturated heterocycles. The van der Waals surface area contributed by atoms with Crippen molar-refractivity contribution >= 4 is 26.6 Å². The van der Waals surface area contributed by atoms with Gasteiger partial charge in [0.2, 0.25) is 0 Å². The molecule has 2 rings (SSSR count). The van der Waals surface area contributed by atoms with Gasteiger partial charge < -0.3 is 0 Å². The van der Waals surface area contributed by atoms with E-state index in [0.717, 1.165) is 0 Å². The lowest BCUT2D eigenvalue weighted by Crippen LogP contribution is -2.29. The van der Waals surface area contributed by atoms with Crippen molar-refractivity contribution in [1.82, 2.24) is 0 Å². The lowest BCUT2D eigenvalue weighted by atomic mass is 10.1. The Morgan fingerprint density at radius 2 is 2.27 bits per heavy atom. The second-order valence-corrected chi connectivity index (χ2v) is 8.93. The zero-order valence-electron chi connectivity index (χ0n) is 9.66. The quantitative estimate of drug-likeness (QED) is 0.592. The summed E-state index contributed by atoms with van der Waals surface area (Å²) < 4.78 is 0.362. The van der Waals surface area contributed by atoms with E-state index in [1.165, 1.54) is 30.5 Å². The van der Waals surface area contributed by atoms with Gasteiger partial charge in [-0.2, -0.15) is 12.6 Å². The highest BCUT2D eigenvalue weighted by Gasteiger charge is 2.35. The Kier molecular flexibility index (Phi) is 3.26. The molecule has 1 heterocycles. The first kappa shape index (κ1) is 11.3. The van der Waals surface area contributed by atoms with Gasteiger partial charge in [0.25, 0.3) is 0 Å². The summed E-state index contributed by atoms with van der Waals surface area (Å²) in [6.07, 6.45) is 2.56. The second-order valence-electron chi connectivity index (χ2n) is 4.93. The summed E-state index contributed by atoms with van der Waals surface area (Å²) in [5.74, 6) is 0. The van der Waals surface area contributed by atoms with Crippen LogP contribution in [0.25, 0.3) is 0 Å². The first-order valence-electron chi connectivity index (χ1n) is 5.92. The van der Waals surface area contributed by atoms with Crippen molar-refractivity contribution in [3.05, 3.63) is 29.8 Å². The van der Waals surface area contributed by atoms with Gasteiger partial charge in [0.1, 0.15) is 0 Å². The fraction of sp³-hybridized carbons (Fsp3) is 0.538. The monoisotopic (exact) mass is 236 g/mol. The average Bonchev–Trinajstić information content (AvgIpc) is 2.62. The summed E-state index contributed by atoms with van der Waals surface area (Å²) in [6, 6.07) is 12.0. The van der Waals surface area contributed by atoms with Crippen LogP contribution in [0, 0.1) is 6.92 Å². The minimum absolute atomic E-state index is 0.362. The van der Waals surface area contributed by atoms with E-state index in [-0.39, 0.29) is 0 Å². The summed E-state index contributed by atoms with van der Waals surface area (Å²) in [6.45, 7) is 4.47. The molecule has 0 aliphatic carbocycles. The molecule has 0 aromatic heterocycles. The van der Waals surface area contributed by atoms with E-state index in [1.807, 2.05) is 0 Å². The number of aryl methyl sites for hydroxylation is 1. The molecule has 0 nitrogen and oxygen atoms in total. The third-order valence-electron chi connectivity index (χ3n) is 3.76. The predicted molar refractivity (Wildman–Crippen MR) is 74.2 cm³/mol. The van der Waals surface area contributed by atoms with Gasteiger partial charge in [-0.25, -0.2) is 0 Å². The molecule has 82 valence electrons. The largest absolute Gasteiger partial charge is 0.173 e. The Bertz CT molecular complexity index is 350. The Hall–Kier alpha value is -0.213. The highest BCUT2D eigenvalue weighted by molar-refractivity contribution is 7.82. The van der Waals surface area contributed by atoms with Gasteiger partial charge in [-0.05, 0) is 25.8 Å². The van der Waals surface area contributed by atoms with Crippen LogP contribution in [0.15, 0.2) is 24.3 Å². The van der Waals surface area contributed by atoms with E-state index in [2.05, 4.69) is 38.1 Å². The molecule has 0 saturated carbocycles. The van der Waals surface area contributed by atoms with Crippen molar-refractivity contribution < 1.29 is 0 Å². The molecule has 0 bridgehead atoms. The Balaban J connectivity index is 2.14. The number of thiol groups is 1. The number of hydrogen-bond donors (Lipinski definition) is 1. The van der Waals surface area contributed by atoms with Crippen molar-refractivity contribution in [1.29, 1.82) is 0 Å². The van der Waals surface area contributed by atoms with E-state index in [4.69, 9.17) is 12.6 Å². The Morgan fingerprint density at radius 3 is 2.87 bits per heavy atom. The highest BCUT2D eigenvalue weighted by atomic mass is 32.1. The van der Waals surface area contributed by atoms with Crippen LogP contribution < -0.4 is 5.19 Å². The fourth-order valence-corrected chi connectivity index (χ4v) is 7.63. The van der Waals surface area contributed by atoms with Gasteiger partial charge in [0.15, 0.2) is 0 Å². The van der Waals surface area contributed by atoms with E-state index < -0.39 is 8.80 Å². The minimum atomic E-state index is -0.686. The lowest BCUT2D eigenvalue weighted by molar-refractivity contribution is 0.631. The first-order chi connectivity index (χ1) is 7.13. The molecule has 0 spiro atoms. The maximum absolute atomic E-state index is 4.85. The van der Waals surface area contributed by atoms with Gasteiger partial charge in [0.05, 0.1) is 8.80 Å². The van der Waals surface area contributed by atoms with Crippen LogP contribution in [-0.4, -0.2) is 13.5 Å². The Morgan fingerprint density at radius 1 is 1.47 bits per heavy atom. The van der Waals surface area contributed by atoms with Gasteiger partial charge in [-0.1, -0.05) is 48.0 Å². The van der Waals surface area contributed by atoms with Gasteiger partial charge in [-0.15, -0.1) is 0 Å². The molecule has 1 fully saturated rings. The zero-order chi connectivity index (χ0) is 10.9. The van der Waals surface area contributed by atoms with Crippen molar-refractivity contribution in [3.8, 4) is 0 Å². The molecule has 0 N–H and O–H groups in total. The molecule has 0 radical (unpaired) electrons. The molecule has 2 atom stereocenters. The van der Waals surface area contributed by atoms with Crippen molar-refractivity contribution in [2.24, 2.45) is 0 Å². The summed E-state index contributed by atoms with van der Waals surface area (Å²) in [5, 5.41) is 1.65. The summed E-state index contributed by atoms with van der Waals surface area (Å²) in [4.78, 5) is 0. The molecule has 0 amide bonds. The molecule has 1 aromatic carbocycles. The summed E-state index contributed by atoms with van der Waals surface area (Å²) in [7, 11) is -0.686. The SMILES string of the molecule is CCC1(S)CC[SiH](c2cccc(C)c2)C1. The molecular formula is C13H20SSi. The molecule has 2 unspecified atom stereocenters. The van der Waals surface area contributed by atoms with Crippen molar-refractivity contribution in [3.63, 3.8) is 0 Å². The minimum Gasteiger partial charge on any atom is -0.173 e. The van der Waals surface area contributed by atoms with Crippen LogP contribution in [0.2, 0.25) is 12.1 Å². The smallest absolute Gasteiger partial charge is 0.0722 e. The van der Waals surface area contributed by atoms with Crippen LogP contribution >= 0.6 is 12.6 Å². The molecule has 15 heavy (non-hydrogen) atoms. The highest BCUT2D eigenvalue weighted by Crippen LogP contribution is 2.38. The van der Waals surface area contributed by atoms with Gasteiger partial charge in [0, 0.05) is 4.75 Å². The first-order valence-corrected chi connectivity index (χ1v) is 8.58. The zero-order valence-corrected chi connectivity index (χ0v) is 11.7. The number of rotatable bonds is 2. The summed E-state index contributed by atoms with van der Waals surface area (Å²) in [5.41, 5.74) is 1.41. The third-order valence-corrected chi connectivity index (χ3v) is 8.38. The molecule has 2 heteroatoms. The van der Waals surface area contributed by atoms with E-state index in [0.29, 0.717) is 4.75 Å². The molecular weight excluding hydrogens is 216 g/mol. The summed E-state index contributed by atoms with van der Waals surface area (Å²) >= 11 is 4.85. The predicted octanol–water partition coefficient (Wildman–Crippen LogP) is 2.91. The maximum atomic E-state index is 4.85. The molecule has 1 aliphatic rings. The average molecular weight is 236 g/mol. The van der Waals surface area contributed by atoms with Gasteiger partial charge >= 0.3 is 0 Å². The maximum Gasteiger partial charge on any atom is 0.0722 e. The van der Waals surface area contributed by atoms with Crippen LogP contribution in [0.5, 0.6) is 0 Å². The van der Waals surface area contributed by atoms with E-state index in [9.17, 15) is 0 Å². The standard InChI is InChI=1S/C13H20SSi/c1-3-13(14)7-8-15(10-13)12-6-4-5-11(2)9-12/h4-6,9,14-15H,3,7-8,10H2,1-2H3. The molecule has 1 aliphatic heterocycles. The van der Waals surface area contributed by atoms with Crippen molar-refractivity contribution in [2.75, 3.05) is 0 Å². The van der Waals surface area contributed by atoms with Gasteiger partial charge in [-0.3, -0.25) is 0 Å². The van der Waals surface area contributed by atoms with Crippen LogP contribution in [0.3, 0.4) is 0 Å². The topological polar surface area (TPSA) is 0 Å². The van der Waals surface area contributed by atoms with Crippen LogP contribution in [0.1, 0.15) is 25.3 Å². The van der Waals surface area contributed by atoms with Crippen molar-refractivity contribution in [2.45, 2.75) is 43.5 Å².